The van der Waals surface area contributed by atoms with Crippen molar-refractivity contribution in [1.82, 2.24) is 0 Å². The molecule has 0 aliphatic heterocycles. The molecule has 2 nitrogen and oxygen atoms in total. The Bertz CT molecular complexity index is 345. The summed E-state index contributed by atoms with van der Waals surface area (Å²) in [7, 11) is 3.65. The van der Waals surface area contributed by atoms with E-state index in [2.05, 4.69) is 0 Å². The highest BCUT2D eigenvalue weighted by molar-refractivity contribution is 5.48. The molecule has 0 spiro atoms. The van der Waals surface area contributed by atoms with Crippen molar-refractivity contribution in [3.05, 3.63) is 29.6 Å². The van der Waals surface area contributed by atoms with Crippen LogP contribution in [0.15, 0.2) is 18.2 Å². The number of hydrogen-bond donors (Lipinski definition) is 1. The molecule has 1 aromatic carbocycles. The van der Waals surface area contributed by atoms with Gasteiger partial charge in [-0.1, -0.05) is 19.9 Å². The van der Waals surface area contributed by atoms with Crippen LogP contribution in [0.3, 0.4) is 0 Å². The summed E-state index contributed by atoms with van der Waals surface area (Å²) in [6, 6.07) is 5.30. The van der Waals surface area contributed by atoms with E-state index in [1.165, 1.54) is 0 Å². The molecule has 0 aromatic heterocycles. The zero-order valence-corrected chi connectivity index (χ0v) is 9.84. The van der Waals surface area contributed by atoms with Crippen LogP contribution < -0.4 is 10.6 Å². The molecule has 0 radical (unpaired) electrons. The molecule has 0 fully saturated rings. The maximum atomic E-state index is 13.7. The van der Waals surface area contributed by atoms with Gasteiger partial charge in [0.25, 0.3) is 0 Å². The van der Waals surface area contributed by atoms with E-state index in [-0.39, 0.29) is 11.2 Å². The molecule has 15 heavy (non-hydrogen) atoms. The van der Waals surface area contributed by atoms with Crippen LogP contribution in [-0.4, -0.2) is 20.6 Å². The molecule has 0 atom stereocenters. The Morgan fingerprint density at radius 3 is 2.33 bits per heavy atom. The van der Waals surface area contributed by atoms with Crippen LogP contribution in [0.5, 0.6) is 0 Å². The predicted octanol–water partition coefficient (Wildman–Crippen LogP) is 2.13. The Morgan fingerprint density at radius 1 is 1.33 bits per heavy atom. The minimum Gasteiger partial charge on any atom is -0.375 e. The van der Waals surface area contributed by atoms with E-state index < -0.39 is 0 Å². The van der Waals surface area contributed by atoms with Gasteiger partial charge in [-0.25, -0.2) is 4.39 Å². The normalized spacial score (nSPS) is 11.6. The van der Waals surface area contributed by atoms with Crippen molar-refractivity contribution >= 4 is 5.69 Å². The first-order valence-electron chi connectivity index (χ1n) is 5.06. The largest absolute Gasteiger partial charge is 0.375 e. The quantitative estimate of drug-likeness (QED) is 0.828. The topological polar surface area (TPSA) is 29.3 Å². The van der Waals surface area contributed by atoms with Gasteiger partial charge in [0, 0.05) is 26.1 Å². The van der Waals surface area contributed by atoms with Gasteiger partial charge in [0.05, 0.1) is 5.69 Å². The average Bonchev–Trinajstić information content (AvgIpc) is 2.17. The number of rotatable bonds is 3. The van der Waals surface area contributed by atoms with Crippen LogP contribution in [0.4, 0.5) is 10.1 Å². The SMILES string of the molecule is CN(C)c1ccc(C(C)(C)CN)cc1F. The third kappa shape index (κ3) is 2.48. The lowest BCUT2D eigenvalue weighted by Gasteiger charge is -2.24. The number of hydrogen-bond acceptors (Lipinski definition) is 2. The number of anilines is 1. The smallest absolute Gasteiger partial charge is 0.146 e. The summed E-state index contributed by atoms with van der Waals surface area (Å²) in [5, 5.41) is 0. The fourth-order valence-corrected chi connectivity index (χ4v) is 1.41. The minimum absolute atomic E-state index is 0.175. The first-order valence-corrected chi connectivity index (χ1v) is 5.06. The lowest BCUT2D eigenvalue weighted by atomic mass is 9.85. The molecule has 0 saturated carbocycles. The van der Waals surface area contributed by atoms with E-state index in [4.69, 9.17) is 5.73 Å². The molecule has 0 bridgehead atoms. The second-order valence-corrected chi connectivity index (χ2v) is 4.65. The molecule has 0 aliphatic carbocycles. The Kier molecular flexibility index (Phi) is 3.35. The van der Waals surface area contributed by atoms with Crippen molar-refractivity contribution in [3.8, 4) is 0 Å². The monoisotopic (exact) mass is 210 g/mol. The van der Waals surface area contributed by atoms with Crippen LogP contribution in [0, 0.1) is 5.82 Å². The van der Waals surface area contributed by atoms with Gasteiger partial charge in [-0.05, 0) is 17.7 Å². The van der Waals surface area contributed by atoms with E-state index in [1.54, 1.807) is 17.0 Å². The third-order valence-corrected chi connectivity index (χ3v) is 2.72. The number of benzene rings is 1. The van der Waals surface area contributed by atoms with Crippen LogP contribution in [-0.2, 0) is 5.41 Å². The summed E-state index contributed by atoms with van der Waals surface area (Å²) < 4.78 is 13.7. The molecule has 0 amide bonds. The molecule has 1 rings (SSSR count). The van der Waals surface area contributed by atoms with E-state index in [0.717, 1.165) is 5.56 Å². The van der Waals surface area contributed by atoms with Crippen molar-refractivity contribution in [2.45, 2.75) is 19.3 Å². The molecule has 1 aromatic rings. The van der Waals surface area contributed by atoms with Crippen LogP contribution in [0.2, 0.25) is 0 Å². The van der Waals surface area contributed by atoms with Gasteiger partial charge < -0.3 is 10.6 Å². The fraction of sp³-hybridized carbons (Fsp3) is 0.500. The Morgan fingerprint density at radius 2 is 1.93 bits per heavy atom. The van der Waals surface area contributed by atoms with Crippen molar-refractivity contribution in [1.29, 1.82) is 0 Å². The Hall–Kier alpha value is -1.09. The van der Waals surface area contributed by atoms with Gasteiger partial charge in [-0.15, -0.1) is 0 Å². The lowest BCUT2D eigenvalue weighted by Crippen LogP contribution is -2.28. The zero-order valence-electron chi connectivity index (χ0n) is 9.84. The van der Waals surface area contributed by atoms with Crippen molar-refractivity contribution in [3.63, 3.8) is 0 Å². The van der Waals surface area contributed by atoms with E-state index in [0.29, 0.717) is 12.2 Å². The van der Waals surface area contributed by atoms with Gasteiger partial charge in [0.2, 0.25) is 0 Å². The first kappa shape index (κ1) is 12.0. The second-order valence-electron chi connectivity index (χ2n) is 4.65. The maximum absolute atomic E-state index is 13.7. The van der Waals surface area contributed by atoms with Gasteiger partial charge >= 0.3 is 0 Å². The van der Waals surface area contributed by atoms with Gasteiger partial charge in [0.15, 0.2) is 0 Å². The number of halogens is 1. The average molecular weight is 210 g/mol. The molecule has 3 heteroatoms. The molecular weight excluding hydrogens is 191 g/mol. The van der Waals surface area contributed by atoms with Crippen molar-refractivity contribution < 1.29 is 4.39 Å². The van der Waals surface area contributed by atoms with Crippen molar-refractivity contribution in [2.24, 2.45) is 5.73 Å². The highest BCUT2D eigenvalue weighted by Crippen LogP contribution is 2.26. The van der Waals surface area contributed by atoms with Crippen LogP contribution in [0.1, 0.15) is 19.4 Å². The molecule has 2 N–H and O–H groups in total. The highest BCUT2D eigenvalue weighted by atomic mass is 19.1. The van der Waals surface area contributed by atoms with E-state index in [1.807, 2.05) is 34.0 Å². The fourth-order valence-electron chi connectivity index (χ4n) is 1.41. The third-order valence-electron chi connectivity index (χ3n) is 2.72. The predicted molar refractivity (Wildman–Crippen MR) is 62.8 cm³/mol. The second kappa shape index (κ2) is 4.19. The standard InChI is InChI=1S/C12H19FN2/c1-12(2,8-14)9-5-6-11(15(3)4)10(13)7-9/h5-7H,8,14H2,1-4H3. The summed E-state index contributed by atoms with van der Waals surface area (Å²) in [4.78, 5) is 1.76. The summed E-state index contributed by atoms with van der Waals surface area (Å²) in [5.41, 5.74) is 7.02. The molecule has 0 heterocycles. The maximum Gasteiger partial charge on any atom is 0.146 e. The Balaban J connectivity index is 3.12. The van der Waals surface area contributed by atoms with E-state index in [9.17, 15) is 4.39 Å². The summed E-state index contributed by atoms with van der Waals surface area (Å²) in [6.07, 6.45) is 0. The van der Waals surface area contributed by atoms with Gasteiger partial charge in [-0.2, -0.15) is 0 Å². The molecule has 0 aliphatic rings. The van der Waals surface area contributed by atoms with E-state index >= 15 is 0 Å². The van der Waals surface area contributed by atoms with Crippen LogP contribution in [0.25, 0.3) is 0 Å². The van der Waals surface area contributed by atoms with Gasteiger partial charge in [-0.3, -0.25) is 0 Å². The summed E-state index contributed by atoms with van der Waals surface area (Å²) >= 11 is 0. The molecular formula is C12H19FN2. The van der Waals surface area contributed by atoms with Crippen molar-refractivity contribution in [2.75, 3.05) is 25.5 Å². The first-order chi connectivity index (χ1) is 6.88. The summed E-state index contributed by atoms with van der Waals surface area (Å²) in [5.74, 6) is -0.195. The number of nitrogens with zero attached hydrogens (tertiary/aromatic N) is 1. The van der Waals surface area contributed by atoms with Gasteiger partial charge in [0.1, 0.15) is 5.82 Å². The minimum atomic E-state index is -0.195. The molecule has 84 valence electrons. The Labute approximate surface area is 90.9 Å². The number of nitrogens with two attached hydrogens (primary N) is 1. The highest BCUT2D eigenvalue weighted by Gasteiger charge is 2.19. The van der Waals surface area contributed by atoms with Crippen LogP contribution >= 0.6 is 0 Å². The summed E-state index contributed by atoms with van der Waals surface area (Å²) in [6.45, 7) is 4.53. The molecule has 0 unspecified atom stereocenters. The molecule has 0 saturated heterocycles. The lowest BCUT2D eigenvalue weighted by molar-refractivity contribution is 0.531. The zero-order chi connectivity index (χ0) is 11.6.